The summed E-state index contributed by atoms with van der Waals surface area (Å²) in [5, 5.41) is 2.65. The van der Waals surface area contributed by atoms with Gasteiger partial charge in [-0.1, -0.05) is 29.8 Å². The number of amides is 1. The Kier molecular flexibility index (Phi) is 3.58. The van der Waals surface area contributed by atoms with Gasteiger partial charge < -0.3 is 5.32 Å². The highest BCUT2D eigenvalue weighted by molar-refractivity contribution is 6.33. The van der Waals surface area contributed by atoms with Crippen LogP contribution in [0.2, 0.25) is 5.02 Å². The van der Waals surface area contributed by atoms with Crippen LogP contribution in [0.25, 0.3) is 0 Å². The molecule has 92 valence electrons. The van der Waals surface area contributed by atoms with Crippen LogP contribution in [-0.4, -0.2) is 5.91 Å². The second-order valence-electron chi connectivity index (χ2n) is 3.53. The summed E-state index contributed by atoms with van der Waals surface area (Å²) < 4.78 is 26.7. The van der Waals surface area contributed by atoms with E-state index >= 15 is 0 Å². The zero-order valence-electron chi connectivity index (χ0n) is 9.08. The maximum atomic E-state index is 13.4. The van der Waals surface area contributed by atoms with Crippen molar-refractivity contribution >= 4 is 23.2 Å². The molecule has 5 heteroatoms. The van der Waals surface area contributed by atoms with Crippen LogP contribution in [0.1, 0.15) is 10.4 Å². The van der Waals surface area contributed by atoms with E-state index in [1.54, 1.807) is 24.3 Å². The average molecular weight is 268 g/mol. The van der Waals surface area contributed by atoms with E-state index in [4.69, 9.17) is 11.6 Å². The van der Waals surface area contributed by atoms with Crippen molar-refractivity contribution < 1.29 is 13.6 Å². The van der Waals surface area contributed by atoms with Crippen molar-refractivity contribution in [2.24, 2.45) is 0 Å². The average Bonchev–Trinajstić information content (AvgIpc) is 2.32. The Balaban J connectivity index is 2.31. The summed E-state index contributed by atoms with van der Waals surface area (Å²) in [6, 6.07) is 9.67. The van der Waals surface area contributed by atoms with E-state index in [-0.39, 0.29) is 0 Å². The number of halogens is 3. The SMILES string of the molecule is O=C(Nc1ccccc1Cl)c1c(F)cccc1F. The lowest BCUT2D eigenvalue weighted by molar-refractivity contribution is 0.101. The van der Waals surface area contributed by atoms with Crippen LogP contribution in [0.15, 0.2) is 42.5 Å². The molecule has 0 spiro atoms. The summed E-state index contributed by atoms with van der Waals surface area (Å²) in [4.78, 5) is 11.8. The van der Waals surface area contributed by atoms with Crippen molar-refractivity contribution in [2.45, 2.75) is 0 Å². The van der Waals surface area contributed by atoms with Gasteiger partial charge in [-0.2, -0.15) is 0 Å². The van der Waals surface area contributed by atoms with Crippen molar-refractivity contribution in [3.63, 3.8) is 0 Å². The van der Waals surface area contributed by atoms with Crippen LogP contribution in [0.3, 0.4) is 0 Å². The summed E-state index contributed by atoms with van der Waals surface area (Å²) in [6.07, 6.45) is 0. The summed E-state index contributed by atoms with van der Waals surface area (Å²) in [6.45, 7) is 0. The lowest BCUT2D eigenvalue weighted by Gasteiger charge is -2.08. The maximum Gasteiger partial charge on any atom is 0.261 e. The van der Waals surface area contributed by atoms with Crippen molar-refractivity contribution in [1.29, 1.82) is 0 Å². The summed E-state index contributed by atoms with van der Waals surface area (Å²) in [5.74, 6) is -2.71. The van der Waals surface area contributed by atoms with E-state index in [9.17, 15) is 13.6 Å². The van der Waals surface area contributed by atoms with Gasteiger partial charge >= 0.3 is 0 Å². The zero-order chi connectivity index (χ0) is 13.1. The number of hydrogen-bond donors (Lipinski definition) is 1. The van der Waals surface area contributed by atoms with Gasteiger partial charge in [-0.25, -0.2) is 8.78 Å². The van der Waals surface area contributed by atoms with E-state index in [1.807, 2.05) is 0 Å². The third-order valence-corrected chi connectivity index (χ3v) is 2.64. The molecule has 2 aromatic carbocycles. The van der Waals surface area contributed by atoms with Gasteiger partial charge in [0.2, 0.25) is 0 Å². The molecule has 0 saturated heterocycles. The first-order valence-corrected chi connectivity index (χ1v) is 5.47. The molecule has 0 aromatic heterocycles. The zero-order valence-corrected chi connectivity index (χ0v) is 9.84. The minimum absolute atomic E-state index is 0.294. The van der Waals surface area contributed by atoms with Crippen molar-refractivity contribution in [2.75, 3.05) is 5.32 Å². The minimum Gasteiger partial charge on any atom is -0.320 e. The summed E-state index contributed by atoms with van der Waals surface area (Å²) in [7, 11) is 0. The highest BCUT2D eigenvalue weighted by Crippen LogP contribution is 2.22. The first-order valence-electron chi connectivity index (χ1n) is 5.09. The topological polar surface area (TPSA) is 29.1 Å². The molecule has 0 atom stereocenters. The molecular weight excluding hydrogens is 260 g/mol. The van der Waals surface area contributed by atoms with Gasteiger partial charge in [-0.3, -0.25) is 4.79 Å². The molecule has 0 bridgehead atoms. The van der Waals surface area contributed by atoms with Gasteiger partial charge in [-0.15, -0.1) is 0 Å². The molecule has 2 aromatic rings. The molecule has 0 fully saturated rings. The Morgan fingerprint density at radius 2 is 1.61 bits per heavy atom. The van der Waals surface area contributed by atoms with Crippen LogP contribution in [0.4, 0.5) is 14.5 Å². The maximum absolute atomic E-state index is 13.4. The van der Waals surface area contributed by atoms with Crippen LogP contribution in [0, 0.1) is 11.6 Å². The lowest BCUT2D eigenvalue weighted by atomic mass is 10.2. The molecule has 1 N–H and O–H groups in total. The Bertz CT molecular complexity index is 581. The van der Waals surface area contributed by atoms with Crippen molar-refractivity contribution in [3.8, 4) is 0 Å². The Morgan fingerprint density at radius 3 is 2.22 bits per heavy atom. The fraction of sp³-hybridized carbons (Fsp3) is 0. The third kappa shape index (κ3) is 2.49. The minimum atomic E-state index is -0.917. The largest absolute Gasteiger partial charge is 0.320 e. The number of carbonyl (C=O) groups excluding carboxylic acids is 1. The predicted molar refractivity (Wildman–Crippen MR) is 65.8 cm³/mol. The number of para-hydroxylation sites is 1. The first-order chi connectivity index (χ1) is 8.59. The van der Waals surface area contributed by atoms with Gasteiger partial charge in [0.15, 0.2) is 0 Å². The van der Waals surface area contributed by atoms with Crippen molar-refractivity contribution in [3.05, 3.63) is 64.7 Å². The Hall–Kier alpha value is -1.94. The molecular formula is C13H8ClF2NO. The molecule has 0 aliphatic heterocycles. The number of carbonyl (C=O) groups is 1. The standard InChI is InChI=1S/C13H8ClF2NO/c14-8-4-1-2-7-11(8)17-13(18)12-9(15)5-3-6-10(12)16/h1-7H,(H,17,18). The van der Waals surface area contributed by atoms with Gasteiger partial charge in [0, 0.05) is 0 Å². The Labute approximate surface area is 107 Å². The number of benzene rings is 2. The third-order valence-electron chi connectivity index (χ3n) is 2.31. The lowest BCUT2D eigenvalue weighted by Crippen LogP contribution is -2.16. The molecule has 18 heavy (non-hydrogen) atoms. The highest BCUT2D eigenvalue weighted by Gasteiger charge is 2.17. The van der Waals surface area contributed by atoms with E-state index < -0.39 is 23.1 Å². The van der Waals surface area contributed by atoms with E-state index in [0.717, 1.165) is 12.1 Å². The van der Waals surface area contributed by atoms with E-state index in [1.165, 1.54) is 6.07 Å². The fourth-order valence-corrected chi connectivity index (χ4v) is 1.65. The van der Waals surface area contributed by atoms with Crippen LogP contribution >= 0.6 is 11.6 Å². The Morgan fingerprint density at radius 1 is 1.00 bits per heavy atom. The number of hydrogen-bond acceptors (Lipinski definition) is 1. The molecule has 0 aliphatic carbocycles. The smallest absolute Gasteiger partial charge is 0.261 e. The number of nitrogens with one attached hydrogen (secondary N) is 1. The first kappa shape index (κ1) is 12.5. The molecule has 0 saturated carbocycles. The van der Waals surface area contributed by atoms with Gasteiger partial charge in [-0.05, 0) is 24.3 Å². The highest BCUT2D eigenvalue weighted by atomic mass is 35.5. The quantitative estimate of drug-likeness (QED) is 0.879. The normalized spacial score (nSPS) is 10.2. The van der Waals surface area contributed by atoms with Crippen LogP contribution < -0.4 is 5.32 Å². The van der Waals surface area contributed by atoms with E-state index in [0.29, 0.717) is 10.7 Å². The molecule has 1 amide bonds. The van der Waals surface area contributed by atoms with Gasteiger partial charge in [0.05, 0.1) is 10.7 Å². The second kappa shape index (κ2) is 5.14. The summed E-state index contributed by atoms with van der Waals surface area (Å²) >= 11 is 5.83. The molecule has 0 heterocycles. The molecule has 0 unspecified atom stereocenters. The van der Waals surface area contributed by atoms with Gasteiger partial charge in [0.25, 0.3) is 5.91 Å². The molecule has 0 aliphatic rings. The second-order valence-corrected chi connectivity index (χ2v) is 3.94. The van der Waals surface area contributed by atoms with Gasteiger partial charge in [0.1, 0.15) is 17.2 Å². The van der Waals surface area contributed by atoms with E-state index in [2.05, 4.69) is 5.32 Å². The monoisotopic (exact) mass is 267 g/mol. The van der Waals surface area contributed by atoms with Crippen LogP contribution in [0.5, 0.6) is 0 Å². The summed E-state index contributed by atoms with van der Waals surface area (Å²) in [5.41, 5.74) is -0.329. The molecule has 2 rings (SSSR count). The number of anilines is 1. The number of rotatable bonds is 2. The van der Waals surface area contributed by atoms with Crippen LogP contribution in [-0.2, 0) is 0 Å². The van der Waals surface area contributed by atoms with Crippen molar-refractivity contribution in [1.82, 2.24) is 0 Å². The predicted octanol–water partition coefficient (Wildman–Crippen LogP) is 3.87. The molecule has 2 nitrogen and oxygen atoms in total. The molecule has 0 radical (unpaired) electrons. The fourth-order valence-electron chi connectivity index (χ4n) is 1.46.